The summed E-state index contributed by atoms with van der Waals surface area (Å²) >= 11 is 0. The van der Waals surface area contributed by atoms with Crippen LogP contribution < -0.4 is 10.6 Å². The molecule has 2 aliphatic heterocycles. The lowest BCUT2D eigenvalue weighted by Gasteiger charge is -2.29. The van der Waals surface area contributed by atoms with Crippen LogP contribution >= 0.6 is 0 Å². The fourth-order valence-corrected chi connectivity index (χ4v) is 4.21. The monoisotopic (exact) mass is 385 g/mol. The predicted molar refractivity (Wildman–Crippen MR) is 119 cm³/mol. The SMILES string of the molecule is CCNC(=NCc1ccc(CN2CCCC2)cc1)NCCC1CCN(C)CC1. The van der Waals surface area contributed by atoms with Gasteiger partial charge in [0, 0.05) is 19.6 Å². The van der Waals surface area contributed by atoms with Gasteiger partial charge in [0.1, 0.15) is 0 Å². The summed E-state index contributed by atoms with van der Waals surface area (Å²) in [6, 6.07) is 9.00. The lowest BCUT2D eigenvalue weighted by Crippen LogP contribution is -2.39. The Morgan fingerprint density at radius 2 is 1.68 bits per heavy atom. The fourth-order valence-electron chi connectivity index (χ4n) is 4.21. The smallest absolute Gasteiger partial charge is 0.191 e. The van der Waals surface area contributed by atoms with Crippen molar-refractivity contribution >= 4 is 5.96 Å². The van der Waals surface area contributed by atoms with E-state index in [1.165, 1.54) is 69.4 Å². The molecule has 5 heteroatoms. The number of guanidine groups is 1. The summed E-state index contributed by atoms with van der Waals surface area (Å²) in [5.74, 6) is 1.80. The van der Waals surface area contributed by atoms with Crippen LogP contribution in [0.25, 0.3) is 0 Å². The Morgan fingerprint density at radius 1 is 1.00 bits per heavy atom. The Morgan fingerprint density at radius 3 is 2.36 bits per heavy atom. The van der Waals surface area contributed by atoms with E-state index in [4.69, 9.17) is 4.99 Å². The molecular weight excluding hydrogens is 346 g/mol. The maximum atomic E-state index is 4.79. The van der Waals surface area contributed by atoms with E-state index >= 15 is 0 Å². The summed E-state index contributed by atoms with van der Waals surface area (Å²) < 4.78 is 0. The Hall–Kier alpha value is -1.59. The van der Waals surface area contributed by atoms with Gasteiger partial charge in [-0.1, -0.05) is 24.3 Å². The first-order valence-corrected chi connectivity index (χ1v) is 11.2. The molecule has 2 fully saturated rings. The molecule has 156 valence electrons. The highest BCUT2D eigenvalue weighted by molar-refractivity contribution is 5.79. The molecule has 28 heavy (non-hydrogen) atoms. The number of benzene rings is 1. The van der Waals surface area contributed by atoms with Gasteiger partial charge in [-0.05, 0) is 89.3 Å². The molecule has 2 N–H and O–H groups in total. The first kappa shape index (κ1) is 21.1. The van der Waals surface area contributed by atoms with Gasteiger partial charge in [-0.2, -0.15) is 0 Å². The minimum absolute atomic E-state index is 0.730. The van der Waals surface area contributed by atoms with Gasteiger partial charge in [0.2, 0.25) is 0 Å². The third-order valence-electron chi connectivity index (χ3n) is 6.07. The Balaban J connectivity index is 1.42. The fraction of sp³-hybridized carbons (Fsp3) is 0.696. The highest BCUT2D eigenvalue weighted by Gasteiger charge is 2.16. The minimum Gasteiger partial charge on any atom is -0.357 e. The average Bonchev–Trinajstić information content (AvgIpc) is 3.22. The first-order chi connectivity index (χ1) is 13.7. The summed E-state index contributed by atoms with van der Waals surface area (Å²) in [5, 5.41) is 6.91. The highest BCUT2D eigenvalue weighted by Crippen LogP contribution is 2.18. The van der Waals surface area contributed by atoms with Crippen LogP contribution in [0, 0.1) is 5.92 Å². The minimum atomic E-state index is 0.730. The van der Waals surface area contributed by atoms with Crippen LogP contribution in [-0.4, -0.2) is 62.1 Å². The second-order valence-electron chi connectivity index (χ2n) is 8.46. The summed E-state index contributed by atoms with van der Waals surface area (Å²) in [6.45, 7) is 10.8. The number of rotatable bonds is 8. The van der Waals surface area contributed by atoms with Crippen LogP contribution in [0.2, 0.25) is 0 Å². The molecule has 3 rings (SSSR count). The Kier molecular flexibility index (Phi) is 8.62. The molecule has 0 saturated carbocycles. The van der Waals surface area contributed by atoms with Crippen molar-refractivity contribution in [2.24, 2.45) is 10.9 Å². The molecule has 1 aromatic rings. The van der Waals surface area contributed by atoms with E-state index in [1.807, 2.05) is 0 Å². The van der Waals surface area contributed by atoms with Crippen molar-refractivity contribution in [1.29, 1.82) is 0 Å². The number of hydrogen-bond donors (Lipinski definition) is 2. The molecule has 5 nitrogen and oxygen atoms in total. The van der Waals surface area contributed by atoms with Crippen LogP contribution in [0.4, 0.5) is 0 Å². The van der Waals surface area contributed by atoms with Crippen molar-refractivity contribution in [3.63, 3.8) is 0 Å². The van der Waals surface area contributed by atoms with E-state index in [9.17, 15) is 0 Å². The van der Waals surface area contributed by atoms with E-state index in [2.05, 4.69) is 58.7 Å². The Bertz CT molecular complexity index is 584. The van der Waals surface area contributed by atoms with Gasteiger partial charge in [-0.3, -0.25) is 4.90 Å². The second-order valence-corrected chi connectivity index (χ2v) is 8.46. The first-order valence-electron chi connectivity index (χ1n) is 11.2. The third kappa shape index (κ3) is 7.10. The average molecular weight is 386 g/mol. The summed E-state index contributed by atoms with van der Waals surface area (Å²) in [4.78, 5) is 9.77. The van der Waals surface area contributed by atoms with Crippen LogP contribution in [0.5, 0.6) is 0 Å². The van der Waals surface area contributed by atoms with Crippen LogP contribution in [0.15, 0.2) is 29.3 Å². The lowest BCUT2D eigenvalue weighted by atomic mass is 9.94. The van der Waals surface area contributed by atoms with Gasteiger partial charge in [0.15, 0.2) is 5.96 Å². The molecule has 0 radical (unpaired) electrons. The molecular formula is C23H39N5. The zero-order valence-corrected chi connectivity index (χ0v) is 17.9. The molecule has 2 saturated heterocycles. The van der Waals surface area contributed by atoms with Gasteiger partial charge in [0.25, 0.3) is 0 Å². The van der Waals surface area contributed by atoms with E-state index in [-0.39, 0.29) is 0 Å². The molecule has 0 unspecified atom stereocenters. The maximum Gasteiger partial charge on any atom is 0.191 e. The number of hydrogen-bond acceptors (Lipinski definition) is 3. The number of likely N-dealkylation sites (tertiary alicyclic amines) is 2. The van der Waals surface area contributed by atoms with Gasteiger partial charge in [-0.15, -0.1) is 0 Å². The zero-order chi connectivity index (χ0) is 19.6. The second kappa shape index (κ2) is 11.4. The topological polar surface area (TPSA) is 42.9 Å². The normalized spacial score (nSPS) is 19.9. The largest absolute Gasteiger partial charge is 0.357 e. The molecule has 1 aromatic carbocycles. The number of nitrogens with one attached hydrogen (secondary N) is 2. The molecule has 0 aromatic heterocycles. The standard InChI is InChI=1S/C23H39N5/c1-3-24-23(25-13-10-20-11-16-27(2)17-12-20)26-18-21-6-8-22(9-7-21)19-28-14-4-5-15-28/h6-9,20H,3-5,10-19H2,1-2H3,(H2,24,25,26). The van der Waals surface area contributed by atoms with Crippen LogP contribution in [0.3, 0.4) is 0 Å². The number of piperidine rings is 1. The highest BCUT2D eigenvalue weighted by atomic mass is 15.2. The van der Waals surface area contributed by atoms with Gasteiger partial charge in [0.05, 0.1) is 6.54 Å². The van der Waals surface area contributed by atoms with Crippen molar-refractivity contribution in [3.8, 4) is 0 Å². The number of aliphatic imine (C=N–C) groups is 1. The van der Waals surface area contributed by atoms with Gasteiger partial charge < -0.3 is 15.5 Å². The maximum absolute atomic E-state index is 4.79. The molecule has 0 spiro atoms. The number of nitrogens with zero attached hydrogens (tertiary/aromatic N) is 3. The third-order valence-corrected chi connectivity index (χ3v) is 6.07. The van der Waals surface area contributed by atoms with Crippen molar-refractivity contribution < 1.29 is 0 Å². The predicted octanol–water partition coefficient (Wildman–Crippen LogP) is 3.07. The summed E-state index contributed by atoms with van der Waals surface area (Å²) in [6.07, 6.45) is 6.60. The molecule has 2 aliphatic rings. The molecule has 2 heterocycles. The molecule has 0 atom stereocenters. The van der Waals surface area contributed by atoms with E-state index in [1.54, 1.807) is 0 Å². The molecule has 0 aliphatic carbocycles. The van der Waals surface area contributed by atoms with Gasteiger partial charge >= 0.3 is 0 Å². The lowest BCUT2D eigenvalue weighted by molar-refractivity contribution is 0.213. The molecule has 0 amide bonds. The van der Waals surface area contributed by atoms with Crippen LogP contribution in [-0.2, 0) is 13.1 Å². The summed E-state index contributed by atoms with van der Waals surface area (Å²) in [5.41, 5.74) is 2.69. The summed E-state index contributed by atoms with van der Waals surface area (Å²) in [7, 11) is 2.23. The van der Waals surface area contributed by atoms with Crippen LogP contribution in [0.1, 0.15) is 50.2 Å². The van der Waals surface area contributed by atoms with Crippen molar-refractivity contribution in [2.75, 3.05) is 46.3 Å². The zero-order valence-electron chi connectivity index (χ0n) is 17.9. The van der Waals surface area contributed by atoms with Crippen molar-refractivity contribution in [3.05, 3.63) is 35.4 Å². The quantitative estimate of drug-likeness (QED) is 0.533. The Labute approximate surface area is 171 Å². The van der Waals surface area contributed by atoms with E-state index < -0.39 is 0 Å². The van der Waals surface area contributed by atoms with Crippen molar-refractivity contribution in [2.45, 2.75) is 52.1 Å². The van der Waals surface area contributed by atoms with E-state index in [0.717, 1.165) is 38.1 Å². The molecule has 0 bridgehead atoms. The van der Waals surface area contributed by atoms with Gasteiger partial charge in [-0.25, -0.2) is 4.99 Å². The van der Waals surface area contributed by atoms with E-state index in [0.29, 0.717) is 0 Å². The van der Waals surface area contributed by atoms with Crippen molar-refractivity contribution in [1.82, 2.24) is 20.4 Å².